The Labute approximate surface area is 175 Å². The van der Waals surface area contributed by atoms with Gasteiger partial charge in [-0.1, -0.05) is 6.92 Å². The average molecular weight is 427 g/mol. The summed E-state index contributed by atoms with van der Waals surface area (Å²) in [5.74, 6) is 0.888. The van der Waals surface area contributed by atoms with E-state index in [-0.39, 0.29) is 17.4 Å². The molecule has 2 unspecified atom stereocenters. The minimum absolute atomic E-state index is 0.00449. The number of alkyl halides is 3. The lowest BCUT2D eigenvalue weighted by atomic mass is 9.86. The van der Waals surface area contributed by atoms with Crippen LogP contribution < -0.4 is 0 Å². The number of fused-ring (bicyclic) bond motifs is 3. The maximum Gasteiger partial charge on any atom is 0.416 e. The normalized spacial score (nSPS) is 19.9. The van der Waals surface area contributed by atoms with Gasteiger partial charge >= 0.3 is 6.18 Å². The molecule has 1 N–H and O–H groups in total. The highest BCUT2D eigenvalue weighted by atomic mass is 19.4. The highest BCUT2D eigenvalue weighted by molar-refractivity contribution is 5.94. The van der Waals surface area contributed by atoms with Gasteiger partial charge in [0.15, 0.2) is 5.65 Å². The van der Waals surface area contributed by atoms with Crippen molar-refractivity contribution in [1.29, 1.82) is 0 Å². The van der Waals surface area contributed by atoms with E-state index in [4.69, 9.17) is 0 Å². The first-order valence-electron chi connectivity index (χ1n) is 10.1. The molecule has 160 valence electrons. The minimum atomic E-state index is -4.42. The number of imidazole rings is 1. The zero-order chi connectivity index (χ0) is 21.8. The highest BCUT2D eigenvalue weighted by Crippen LogP contribution is 2.34. The SMILES string of the molecule is CC1CCN(C(=O)c2ccc(C(F)(F)F)cc2)CC1c1ncc2cnc3[nH]ccc3n12. The van der Waals surface area contributed by atoms with E-state index in [9.17, 15) is 18.0 Å². The number of aromatic nitrogens is 4. The highest BCUT2D eigenvalue weighted by Gasteiger charge is 2.34. The van der Waals surface area contributed by atoms with Gasteiger partial charge in [-0.25, -0.2) is 9.97 Å². The maximum absolute atomic E-state index is 13.0. The Kier molecular flexibility index (Phi) is 4.49. The fourth-order valence-electron chi connectivity index (χ4n) is 4.34. The van der Waals surface area contributed by atoms with Gasteiger partial charge in [-0.2, -0.15) is 13.2 Å². The summed E-state index contributed by atoms with van der Waals surface area (Å²) in [6.07, 6.45) is 1.72. The summed E-state index contributed by atoms with van der Waals surface area (Å²) < 4.78 is 40.6. The van der Waals surface area contributed by atoms with E-state index in [2.05, 4.69) is 26.3 Å². The third-order valence-corrected chi connectivity index (χ3v) is 6.12. The van der Waals surface area contributed by atoms with Gasteiger partial charge in [-0.05, 0) is 42.7 Å². The molecule has 6 nitrogen and oxygen atoms in total. The van der Waals surface area contributed by atoms with Crippen molar-refractivity contribution in [3.8, 4) is 0 Å². The molecule has 3 aromatic heterocycles. The van der Waals surface area contributed by atoms with Crippen LogP contribution in [0, 0.1) is 5.92 Å². The second kappa shape index (κ2) is 7.11. The number of carbonyl (C=O) groups is 1. The fraction of sp³-hybridized carbons (Fsp3) is 0.318. The molecule has 4 aromatic rings. The molecule has 1 aliphatic heterocycles. The van der Waals surface area contributed by atoms with Crippen LogP contribution in [0.1, 0.15) is 41.0 Å². The number of benzene rings is 1. The first kappa shape index (κ1) is 19.6. The van der Waals surface area contributed by atoms with Crippen LogP contribution in [0.3, 0.4) is 0 Å². The molecule has 9 heteroatoms. The van der Waals surface area contributed by atoms with Crippen molar-refractivity contribution in [3.63, 3.8) is 0 Å². The Bertz CT molecular complexity index is 1260. The second-order valence-electron chi connectivity index (χ2n) is 8.05. The van der Waals surface area contributed by atoms with E-state index >= 15 is 0 Å². The molecule has 1 aliphatic rings. The number of amides is 1. The Morgan fingerprint density at radius 3 is 2.61 bits per heavy atom. The van der Waals surface area contributed by atoms with E-state index < -0.39 is 11.7 Å². The van der Waals surface area contributed by atoms with Crippen molar-refractivity contribution >= 4 is 22.6 Å². The molecule has 0 radical (unpaired) electrons. The van der Waals surface area contributed by atoms with Gasteiger partial charge < -0.3 is 9.88 Å². The standard InChI is InChI=1S/C22H20F3N5O/c1-13-7-9-29(21(31)14-2-4-15(5-3-14)22(23,24)25)12-17(13)20-28-11-16-10-27-19-18(30(16)20)6-8-26-19/h2-6,8,10-11,13,17,26H,7,9,12H2,1H3. The first-order chi connectivity index (χ1) is 14.8. The van der Waals surface area contributed by atoms with Gasteiger partial charge in [0.05, 0.1) is 29.0 Å². The van der Waals surface area contributed by atoms with Crippen LogP contribution in [0.25, 0.3) is 16.7 Å². The lowest BCUT2D eigenvalue weighted by Gasteiger charge is -2.36. The lowest BCUT2D eigenvalue weighted by molar-refractivity contribution is -0.137. The van der Waals surface area contributed by atoms with Crippen LogP contribution in [-0.2, 0) is 6.18 Å². The molecule has 1 saturated heterocycles. The zero-order valence-corrected chi connectivity index (χ0v) is 16.7. The van der Waals surface area contributed by atoms with Crippen molar-refractivity contribution in [2.45, 2.75) is 25.4 Å². The molecule has 5 rings (SSSR count). The molecule has 0 saturated carbocycles. The van der Waals surface area contributed by atoms with Gasteiger partial charge in [0.1, 0.15) is 5.82 Å². The number of carbonyl (C=O) groups excluding carboxylic acids is 1. The van der Waals surface area contributed by atoms with Gasteiger partial charge in [0.2, 0.25) is 0 Å². The van der Waals surface area contributed by atoms with Crippen LogP contribution >= 0.6 is 0 Å². The van der Waals surface area contributed by atoms with Crippen molar-refractivity contribution in [1.82, 2.24) is 24.3 Å². The summed E-state index contributed by atoms with van der Waals surface area (Å²) in [7, 11) is 0. The van der Waals surface area contributed by atoms with Gasteiger partial charge in [-0.15, -0.1) is 0 Å². The van der Waals surface area contributed by atoms with Crippen LogP contribution in [0.15, 0.2) is 48.9 Å². The van der Waals surface area contributed by atoms with E-state index in [1.54, 1.807) is 17.3 Å². The number of aromatic amines is 1. The van der Waals surface area contributed by atoms with Gasteiger partial charge in [-0.3, -0.25) is 9.20 Å². The van der Waals surface area contributed by atoms with Gasteiger partial charge in [0.25, 0.3) is 5.91 Å². The molecule has 1 amide bonds. The molecule has 2 atom stereocenters. The summed E-state index contributed by atoms with van der Waals surface area (Å²) in [6.45, 7) is 3.15. The Hall–Kier alpha value is -3.36. The van der Waals surface area contributed by atoms with E-state index in [1.807, 2.05) is 12.3 Å². The number of H-pyrrole nitrogens is 1. The topological polar surface area (TPSA) is 66.3 Å². The summed E-state index contributed by atoms with van der Waals surface area (Å²) in [4.78, 5) is 26.9. The quantitative estimate of drug-likeness (QED) is 0.512. The molecule has 1 aromatic carbocycles. The van der Waals surface area contributed by atoms with E-state index in [1.165, 1.54) is 12.1 Å². The predicted molar refractivity (Wildman–Crippen MR) is 109 cm³/mol. The number of rotatable bonds is 2. The van der Waals surface area contributed by atoms with Crippen molar-refractivity contribution in [3.05, 3.63) is 65.9 Å². The zero-order valence-electron chi connectivity index (χ0n) is 16.7. The number of piperidine rings is 1. The molecule has 4 heterocycles. The third-order valence-electron chi connectivity index (χ3n) is 6.12. The Morgan fingerprint density at radius 2 is 1.87 bits per heavy atom. The van der Waals surface area contributed by atoms with E-state index in [0.717, 1.165) is 41.1 Å². The van der Waals surface area contributed by atoms with Crippen LogP contribution in [-0.4, -0.2) is 43.2 Å². The molecule has 1 fully saturated rings. The second-order valence-corrected chi connectivity index (χ2v) is 8.05. The number of halogens is 3. The Morgan fingerprint density at radius 1 is 1.13 bits per heavy atom. The van der Waals surface area contributed by atoms with Crippen molar-refractivity contribution in [2.24, 2.45) is 5.92 Å². The van der Waals surface area contributed by atoms with Gasteiger partial charge in [0, 0.05) is 30.8 Å². The van der Waals surface area contributed by atoms with Crippen molar-refractivity contribution < 1.29 is 18.0 Å². The van der Waals surface area contributed by atoms with Crippen LogP contribution in [0.5, 0.6) is 0 Å². The Balaban J connectivity index is 1.45. The summed E-state index contributed by atoms with van der Waals surface area (Å²) in [5.41, 5.74) is 2.05. The minimum Gasteiger partial charge on any atom is -0.345 e. The largest absolute Gasteiger partial charge is 0.416 e. The summed E-state index contributed by atoms with van der Waals surface area (Å²) in [6, 6.07) is 6.35. The first-order valence-corrected chi connectivity index (χ1v) is 10.1. The maximum atomic E-state index is 13.0. The molecular weight excluding hydrogens is 407 g/mol. The average Bonchev–Trinajstić information content (AvgIpc) is 3.39. The van der Waals surface area contributed by atoms with Crippen LogP contribution in [0.2, 0.25) is 0 Å². The molecule has 31 heavy (non-hydrogen) atoms. The van der Waals surface area contributed by atoms with Crippen LogP contribution in [0.4, 0.5) is 13.2 Å². The number of nitrogens with one attached hydrogen (secondary N) is 1. The molecule has 0 bridgehead atoms. The predicted octanol–water partition coefficient (Wildman–Crippen LogP) is 4.50. The monoisotopic (exact) mass is 427 g/mol. The number of nitrogens with zero attached hydrogens (tertiary/aromatic N) is 4. The number of hydrogen-bond donors (Lipinski definition) is 1. The summed E-state index contributed by atoms with van der Waals surface area (Å²) >= 11 is 0. The smallest absolute Gasteiger partial charge is 0.345 e. The molecule has 0 spiro atoms. The number of hydrogen-bond acceptors (Lipinski definition) is 3. The third kappa shape index (κ3) is 3.34. The molecular formula is C22H20F3N5O. The van der Waals surface area contributed by atoms with E-state index in [0.29, 0.717) is 19.0 Å². The van der Waals surface area contributed by atoms with Crippen molar-refractivity contribution in [2.75, 3.05) is 13.1 Å². The summed E-state index contributed by atoms with van der Waals surface area (Å²) in [5, 5.41) is 0. The lowest BCUT2D eigenvalue weighted by Crippen LogP contribution is -2.42. The number of likely N-dealkylation sites (tertiary alicyclic amines) is 1. The fourth-order valence-corrected chi connectivity index (χ4v) is 4.34. The molecule has 0 aliphatic carbocycles.